The average Bonchev–Trinajstić information content (AvgIpc) is 2.52. The summed E-state index contributed by atoms with van der Waals surface area (Å²) in [4.78, 5) is 11.4. The monoisotopic (exact) mass is 286 g/mol. The summed E-state index contributed by atoms with van der Waals surface area (Å²) in [6, 6.07) is 18.3. The van der Waals surface area contributed by atoms with Gasteiger partial charge in [-0.05, 0) is 22.9 Å². The third-order valence-corrected chi connectivity index (χ3v) is 3.58. The van der Waals surface area contributed by atoms with E-state index in [1.54, 1.807) is 11.8 Å². The molecule has 2 nitrogen and oxygen atoms in total. The van der Waals surface area contributed by atoms with Gasteiger partial charge in [-0.2, -0.15) is 11.8 Å². The first-order valence-electron chi connectivity index (χ1n) is 6.58. The molecule has 0 N–H and O–H groups in total. The average molecular weight is 286 g/mol. The Labute approximate surface area is 124 Å². The maximum atomic E-state index is 11.4. The van der Waals surface area contributed by atoms with Crippen molar-refractivity contribution >= 4 is 17.7 Å². The first-order chi connectivity index (χ1) is 9.79. The molecule has 0 heterocycles. The zero-order valence-corrected chi connectivity index (χ0v) is 12.4. The zero-order chi connectivity index (χ0) is 14.2. The van der Waals surface area contributed by atoms with Gasteiger partial charge in [-0.3, -0.25) is 4.79 Å². The van der Waals surface area contributed by atoms with Gasteiger partial charge in [0.05, 0.1) is 6.42 Å². The van der Waals surface area contributed by atoms with Gasteiger partial charge in [-0.25, -0.2) is 0 Å². The minimum absolute atomic E-state index is 0.133. The van der Waals surface area contributed by atoms with E-state index in [0.717, 1.165) is 11.3 Å². The Morgan fingerprint density at radius 2 is 1.65 bits per heavy atom. The van der Waals surface area contributed by atoms with Crippen molar-refractivity contribution in [2.45, 2.75) is 13.0 Å². The number of hydrogen-bond donors (Lipinski definition) is 0. The molecule has 0 fully saturated rings. The first-order valence-corrected chi connectivity index (χ1v) is 7.98. The highest BCUT2D eigenvalue weighted by atomic mass is 32.2. The van der Waals surface area contributed by atoms with Gasteiger partial charge in [0.2, 0.25) is 0 Å². The SMILES string of the molecule is CSCCC(=O)OCc1ccc(-c2ccccc2)cc1. The molecule has 0 amide bonds. The lowest BCUT2D eigenvalue weighted by Gasteiger charge is -2.06. The van der Waals surface area contributed by atoms with Crippen molar-refractivity contribution in [3.63, 3.8) is 0 Å². The van der Waals surface area contributed by atoms with E-state index in [2.05, 4.69) is 24.3 Å². The van der Waals surface area contributed by atoms with E-state index in [1.807, 2.05) is 36.6 Å². The molecule has 0 unspecified atom stereocenters. The highest BCUT2D eigenvalue weighted by Crippen LogP contribution is 2.19. The van der Waals surface area contributed by atoms with Crippen LogP contribution < -0.4 is 0 Å². The van der Waals surface area contributed by atoms with Gasteiger partial charge in [0.15, 0.2) is 0 Å². The molecule has 0 spiro atoms. The van der Waals surface area contributed by atoms with Gasteiger partial charge in [-0.15, -0.1) is 0 Å². The predicted octanol–water partition coefficient (Wildman–Crippen LogP) is 4.15. The molecule has 0 aliphatic heterocycles. The molecule has 104 valence electrons. The second-order valence-electron chi connectivity index (χ2n) is 4.47. The number of thioether (sulfide) groups is 1. The quantitative estimate of drug-likeness (QED) is 0.746. The van der Waals surface area contributed by atoms with Crippen molar-refractivity contribution in [2.24, 2.45) is 0 Å². The Kier molecular flexibility index (Phi) is 5.69. The molecule has 0 aromatic heterocycles. The maximum absolute atomic E-state index is 11.4. The van der Waals surface area contributed by atoms with Gasteiger partial charge in [-0.1, -0.05) is 54.6 Å². The van der Waals surface area contributed by atoms with Crippen molar-refractivity contribution in [2.75, 3.05) is 12.0 Å². The van der Waals surface area contributed by atoms with E-state index < -0.39 is 0 Å². The van der Waals surface area contributed by atoms with Crippen LogP contribution in [0, 0.1) is 0 Å². The van der Waals surface area contributed by atoms with Crippen molar-refractivity contribution in [3.05, 3.63) is 60.2 Å². The summed E-state index contributed by atoms with van der Waals surface area (Å²) in [6.45, 7) is 0.349. The van der Waals surface area contributed by atoms with E-state index in [4.69, 9.17) is 4.74 Å². The number of ether oxygens (including phenoxy) is 1. The van der Waals surface area contributed by atoms with E-state index in [1.165, 1.54) is 11.1 Å². The molecule has 0 saturated heterocycles. The molecule has 0 aliphatic carbocycles. The number of carbonyl (C=O) groups excluding carboxylic acids is 1. The lowest BCUT2D eigenvalue weighted by Crippen LogP contribution is -2.05. The minimum atomic E-state index is -0.133. The Morgan fingerprint density at radius 1 is 1.00 bits per heavy atom. The van der Waals surface area contributed by atoms with Gasteiger partial charge < -0.3 is 4.74 Å². The second-order valence-corrected chi connectivity index (χ2v) is 5.45. The molecule has 3 heteroatoms. The molecule has 20 heavy (non-hydrogen) atoms. The summed E-state index contributed by atoms with van der Waals surface area (Å²) in [6.07, 6.45) is 2.46. The second kappa shape index (κ2) is 7.75. The fraction of sp³-hybridized carbons (Fsp3) is 0.235. The van der Waals surface area contributed by atoms with Crippen LogP contribution in [0.3, 0.4) is 0 Å². The Morgan fingerprint density at radius 3 is 2.30 bits per heavy atom. The summed E-state index contributed by atoms with van der Waals surface area (Å²) >= 11 is 1.65. The van der Waals surface area contributed by atoms with E-state index in [-0.39, 0.29) is 5.97 Å². The smallest absolute Gasteiger partial charge is 0.306 e. The third-order valence-electron chi connectivity index (χ3n) is 2.97. The van der Waals surface area contributed by atoms with Crippen LogP contribution >= 0.6 is 11.8 Å². The summed E-state index contributed by atoms with van der Waals surface area (Å²) in [5.74, 6) is 0.678. The molecular weight excluding hydrogens is 268 g/mol. The maximum Gasteiger partial charge on any atom is 0.306 e. The largest absolute Gasteiger partial charge is 0.461 e. The van der Waals surface area contributed by atoms with E-state index in [0.29, 0.717) is 13.0 Å². The number of carbonyl (C=O) groups is 1. The highest BCUT2D eigenvalue weighted by Gasteiger charge is 2.03. The molecule has 2 aromatic carbocycles. The molecule has 2 rings (SSSR count). The van der Waals surface area contributed by atoms with Crippen LogP contribution in [0.4, 0.5) is 0 Å². The molecular formula is C17H18O2S. The minimum Gasteiger partial charge on any atom is -0.461 e. The molecule has 0 saturated carbocycles. The number of esters is 1. The van der Waals surface area contributed by atoms with Crippen LogP contribution in [0.1, 0.15) is 12.0 Å². The molecule has 0 atom stereocenters. The Balaban J connectivity index is 1.90. The normalized spacial score (nSPS) is 10.2. The molecule has 2 aromatic rings. The van der Waals surface area contributed by atoms with Crippen molar-refractivity contribution in [3.8, 4) is 11.1 Å². The lowest BCUT2D eigenvalue weighted by molar-refractivity contribution is -0.144. The third kappa shape index (κ3) is 4.42. The number of benzene rings is 2. The van der Waals surface area contributed by atoms with Crippen LogP contribution in [-0.4, -0.2) is 18.0 Å². The zero-order valence-electron chi connectivity index (χ0n) is 11.5. The lowest BCUT2D eigenvalue weighted by atomic mass is 10.0. The topological polar surface area (TPSA) is 26.3 Å². The van der Waals surface area contributed by atoms with Crippen molar-refractivity contribution < 1.29 is 9.53 Å². The van der Waals surface area contributed by atoms with E-state index >= 15 is 0 Å². The summed E-state index contributed by atoms with van der Waals surface area (Å²) in [5, 5.41) is 0. The van der Waals surface area contributed by atoms with Crippen LogP contribution in [0.25, 0.3) is 11.1 Å². The first kappa shape index (κ1) is 14.7. The van der Waals surface area contributed by atoms with Crippen LogP contribution in [-0.2, 0) is 16.1 Å². The highest BCUT2D eigenvalue weighted by molar-refractivity contribution is 7.98. The summed E-state index contributed by atoms with van der Waals surface area (Å²) in [7, 11) is 0. The van der Waals surface area contributed by atoms with Crippen LogP contribution in [0.5, 0.6) is 0 Å². The fourth-order valence-corrected chi connectivity index (χ4v) is 2.22. The Bertz CT molecular complexity index is 535. The van der Waals surface area contributed by atoms with Gasteiger partial charge in [0.1, 0.15) is 6.61 Å². The van der Waals surface area contributed by atoms with Crippen molar-refractivity contribution in [1.82, 2.24) is 0 Å². The van der Waals surface area contributed by atoms with Gasteiger partial charge in [0.25, 0.3) is 0 Å². The number of rotatable bonds is 6. The fourth-order valence-electron chi connectivity index (χ4n) is 1.85. The van der Waals surface area contributed by atoms with Crippen molar-refractivity contribution in [1.29, 1.82) is 0 Å². The molecule has 0 aliphatic rings. The Hall–Kier alpha value is -1.74. The summed E-state index contributed by atoms with van der Waals surface area (Å²) < 4.78 is 5.22. The molecule has 0 radical (unpaired) electrons. The summed E-state index contributed by atoms with van der Waals surface area (Å²) in [5.41, 5.74) is 3.38. The predicted molar refractivity (Wildman–Crippen MR) is 84.7 cm³/mol. The van der Waals surface area contributed by atoms with E-state index in [9.17, 15) is 4.79 Å². The number of hydrogen-bond acceptors (Lipinski definition) is 3. The van der Waals surface area contributed by atoms with Gasteiger partial charge in [0, 0.05) is 5.75 Å². The standard InChI is InChI=1S/C17H18O2S/c1-20-12-11-17(18)19-13-14-7-9-16(10-8-14)15-5-3-2-4-6-15/h2-10H,11-13H2,1H3. The van der Waals surface area contributed by atoms with Crippen LogP contribution in [0.2, 0.25) is 0 Å². The van der Waals surface area contributed by atoms with Crippen LogP contribution in [0.15, 0.2) is 54.6 Å². The van der Waals surface area contributed by atoms with Gasteiger partial charge >= 0.3 is 5.97 Å². The molecule has 0 bridgehead atoms.